The average molecular weight is 521 g/mol. The van der Waals surface area contributed by atoms with Gasteiger partial charge in [0.25, 0.3) is 0 Å². The zero-order valence-electron chi connectivity index (χ0n) is 24.3. The first-order chi connectivity index (χ1) is 19.1. The number of rotatable bonds is 2. The van der Waals surface area contributed by atoms with E-state index < -0.39 is 0 Å². The van der Waals surface area contributed by atoms with Crippen molar-refractivity contribution in [1.82, 2.24) is 9.13 Å². The fourth-order valence-corrected chi connectivity index (χ4v) is 6.42. The third-order valence-corrected chi connectivity index (χ3v) is 8.30. The van der Waals surface area contributed by atoms with Crippen molar-refractivity contribution in [3.05, 3.63) is 115 Å². The molecular formula is C38H36N2. The molecule has 0 radical (unpaired) electrons. The van der Waals surface area contributed by atoms with Gasteiger partial charge in [0.1, 0.15) is 0 Å². The van der Waals surface area contributed by atoms with Crippen LogP contribution < -0.4 is 0 Å². The molecule has 0 fully saturated rings. The van der Waals surface area contributed by atoms with E-state index in [9.17, 15) is 0 Å². The van der Waals surface area contributed by atoms with E-state index in [-0.39, 0.29) is 11.0 Å². The molecule has 2 nitrogen and oxygen atoms in total. The van der Waals surface area contributed by atoms with Gasteiger partial charge < -0.3 is 9.13 Å². The van der Waals surface area contributed by atoms with Gasteiger partial charge >= 0.3 is 0 Å². The first-order valence-corrected chi connectivity index (χ1v) is 14.3. The number of fused-ring (bicyclic) bond motifs is 6. The molecule has 7 aromatic rings. The van der Waals surface area contributed by atoms with Gasteiger partial charge in [0, 0.05) is 43.8 Å². The van der Waals surface area contributed by atoms with Crippen LogP contribution in [0.5, 0.6) is 0 Å². The molecule has 0 atom stereocenters. The van der Waals surface area contributed by atoms with E-state index in [4.69, 9.17) is 0 Å². The molecule has 0 N–H and O–H groups in total. The first-order valence-electron chi connectivity index (χ1n) is 14.3. The van der Waals surface area contributed by atoms with Gasteiger partial charge in [0.2, 0.25) is 0 Å². The molecule has 0 unspecified atom stereocenters. The fourth-order valence-electron chi connectivity index (χ4n) is 6.42. The van der Waals surface area contributed by atoms with Crippen LogP contribution in [0.3, 0.4) is 0 Å². The summed E-state index contributed by atoms with van der Waals surface area (Å²) in [6, 6.07) is 40.5. The number of para-hydroxylation sites is 3. The number of aromatic nitrogens is 2. The van der Waals surface area contributed by atoms with Crippen LogP contribution in [0.4, 0.5) is 0 Å². The van der Waals surface area contributed by atoms with Gasteiger partial charge in [-0.3, -0.25) is 0 Å². The molecule has 0 aliphatic rings. The van der Waals surface area contributed by atoms with Gasteiger partial charge in [-0.2, -0.15) is 0 Å². The molecule has 0 bridgehead atoms. The molecule has 0 saturated carbocycles. The summed E-state index contributed by atoms with van der Waals surface area (Å²) in [5.41, 5.74) is 10.1. The van der Waals surface area contributed by atoms with Crippen LogP contribution in [0.15, 0.2) is 109 Å². The van der Waals surface area contributed by atoms with Gasteiger partial charge in [0.15, 0.2) is 0 Å². The lowest BCUT2D eigenvalue weighted by Gasteiger charge is -2.24. The molecule has 0 aliphatic carbocycles. The Morgan fingerprint density at radius 2 is 0.975 bits per heavy atom. The highest BCUT2D eigenvalue weighted by atomic mass is 15.0. The highest BCUT2D eigenvalue weighted by Gasteiger charge is 2.22. The Hall–Kier alpha value is -4.30. The van der Waals surface area contributed by atoms with Crippen molar-refractivity contribution < 1.29 is 0 Å². The van der Waals surface area contributed by atoms with Crippen molar-refractivity contribution in [2.75, 3.05) is 0 Å². The molecule has 5 aromatic carbocycles. The minimum absolute atomic E-state index is 0.00980. The predicted molar refractivity (Wildman–Crippen MR) is 173 cm³/mol. The van der Waals surface area contributed by atoms with E-state index in [1.807, 2.05) is 0 Å². The number of benzene rings is 5. The molecule has 2 heteroatoms. The summed E-state index contributed by atoms with van der Waals surface area (Å²) in [5.74, 6) is 0. The highest BCUT2D eigenvalue weighted by molar-refractivity contribution is 6.10. The summed E-state index contributed by atoms with van der Waals surface area (Å²) < 4.78 is 4.92. The summed E-state index contributed by atoms with van der Waals surface area (Å²) >= 11 is 0. The van der Waals surface area contributed by atoms with Crippen LogP contribution in [0.1, 0.15) is 47.1 Å². The topological polar surface area (TPSA) is 9.86 Å². The number of hydrogen-bond acceptors (Lipinski definition) is 0. The lowest BCUT2D eigenvalue weighted by Crippen LogP contribution is -2.21. The van der Waals surface area contributed by atoms with Crippen LogP contribution in [-0.2, 0) is 11.0 Å². The molecule has 0 amide bonds. The summed E-state index contributed by atoms with van der Waals surface area (Å²) in [6.07, 6.45) is 0. The van der Waals surface area contributed by atoms with Crippen molar-refractivity contribution >= 4 is 43.6 Å². The smallest absolute Gasteiger partial charge is 0.0541 e. The quantitative estimate of drug-likeness (QED) is 0.214. The van der Waals surface area contributed by atoms with Crippen LogP contribution in [-0.4, -0.2) is 9.13 Å². The zero-order chi connectivity index (χ0) is 27.8. The maximum atomic E-state index is 2.48. The van der Waals surface area contributed by atoms with E-state index in [1.165, 1.54) is 66.0 Å². The summed E-state index contributed by atoms with van der Waals surface area (Å²) in [4.78, 5) is 0. The third-order valence-electron chi connectivity index (χ3n) is 8.30. The summed E-state index contributed by atoms with van der Waals surface area (Å²) in [7, 11) is 0. The Labute approximate surface area is 236 Å². The molecule has 0 saturated heterocycles. The van der Waals surface area contributed by atoms with E-state index in [0.717, 1.165) is 0 Å². The van der Waals surface area contributed by atoms with Gasteiger partial charge in [0.05, 0.1) is 11.0 Å². The normalized spacial score (nSPS) is 12.8. The molecule has 7 rings (SSSR count). The van der Waals surface area contributed by atoms with Gasteiger partial charge in [-0.05, 0) is 85.3 Å². The Morgan fingerprint density at radius 3 is 1.55 bits per heavy atom. The van der Waals surface area contributed by atoms with Crippen molar-refractivity contribution in [3.63, 3.8) is 0 Å². The maximum absolute atomic E-state index is 2.48. The second-order valence-corrected chi connectivity index (χ2v) is 13.1. The predicted octanol–water partition coefficient (Wildman–Crippen LogP) is 10.6. The van der Waals surface area contributed by atoms with Gasteiger partial charge in [-0.1, -0.05) is 87.5 Å². The van der Waals surface area contributed by atoms with Crippen molar-refractivity contribution in [3.8, 4) is 16.8 Å². The van der Waals surface area contributed by atoms with Crippen LogP contribution >= 0.6 is 0 Å². The van der Waals surface area contributed by atoms with Crippen molar-refractivity contribution in [1.29, 1.82) is 0 Å². The van der Waals surface area contributed by atoms with Crippen molar-refractivity contribution in [2.45, 2.75) is 52.5 Å². The second-order valence-electron chi connectivity index (χ2n) is 13.1. The van der Waals surface area contributed by atoms with E-state index in [1.54, 1.807) is 0 Å². The Bertz CT molecular complexity index is 2020. The number of nitrogens with zero attached hydrogens (tertiary/aromatic N) is 2. The van der Waals surface area contributed by atoms with Crippen LogP contribution in [0.2, 0.25) is 0 Å². The van der Waals surface area contributed by atoms with Crippen LogP contribution in [0.25, 0.3) is 60.4 Å². The second kappa shape index (κ2) is 8.60. The maximum Gasteiger partial charge on any atom is 0.0541 e. The highest BCUT2D eigenvalue weighted by Crippen LogP contribution is 2.39. The van der Waals surface area contributed by atoms with E-state index >= 15 is 0 Å². The van der Waals surface area contributed by atoms with Gasteiger partial charge in [-0.25, -0.2) is 0 Å². The minimum atomic E-state index is -0.0152. The third kappa shape index (κ3) is 3.78. The first kappa shape index (κ1) is 24.7. The lowest BCUT2D eigenvalue weighted by molar-refractivity contribution is 0.423. The zero-order valence-corrected chi connectivity index (χ0v) is 24.3. The molecule has 0 spiro atoms. The standard InChI is InChI=1S/C38H36N2/c1-37(2,3)27-21-26(22-28(24-27)39-33-16-10-7-13-29(33)30-14-8-11-17-34(30)39)25-19-20-36-32(23-25)31-15-9-12-18-35(31)40(36)38(4,5)6/h7-24H,1-6H3. The molecule has 2 heterocycles. The van der Waals surface area contributed by atoms with Crippen LogP contribution in [0, 0.1) is 0 Å². The summed E-state index contributed by atoms with van der Waals surface area (Å²) in [5, 5.41) is 5.20. The Balaban J connectivity index is 1.52. The Morgan fingerprint density at radius 1 is 0.450 bits per heavy atom. The van der Waals surface area contributed by atoms with E-state index in [2.05, 4.69) is 160 Å². The monoisotopic (exact) mass is 520 g/mol. The molecule has 0 aliphatic heterocycles. The van der Waals surface area contributed by atoms with E-state index in [0.29, 0.717) is 0 Å². The SMILES string of the molecule is CC(C)(C)c1cc(-c2ccc3c(c2)c2ccccc2n3C(C)(C)C)cc(-n2c3ccccc3c3ccccc32)c1. The number of hydrogen-bond donors (Lipinski definition) is 0. The Kier molecular flexibility index (Phi) is 5.31. The average Bonchev–Trinajstić information content (AvgIpc) is 3.45. The molecule has 40 heavy (non-hydrogen) atoms. The summed E-state index contributed by atoms with van der Waals surface area (Å²) in [6.45, 7) is 13.8. The molecule has 2 aromatic heterocycles. The molecular weight excluding hydrogens is 484 g/mol. The van der Waals surface area contributed by atoms with Crippen molar-refractivity contribution in [2.24, 2.45) is 0 Å². The minimum Gasteiger partial charge on any atom is -0.335 e. The molecule has 198 valence electrons. The largest absolute Gasteiger partial charge is 0.335 e. The van der Waals surface area contributed by atoms with Gasteiger partial charge in [-0.15, -0.1) is 0 Å². The fraction of sp³-hybridized carbons (Fsp3) is 0.211. The lowest BCUT2D eigenvalue weighted by atomic mass is 9.85.